The van der Waals surface area contributed by atoms with Crippen LogP contribution in [0.15, 0.2) is 0 Å². The molecule has 1 aliphatic heterocycles. The van der Waals surface area contributed by atoms with Gasteiger partial charge in [-0.25, -0.2) is 0 Å². The van der Waals surface area contributed by atoms with Gasteiger partial charge in [0.15, 0.2) is 0 Å². The standard InChI is InChI=1S/C12H23N/c1-2-10-6-5-7-11(10)12-8-3-4-9-13-12/h10-13H,2-9H2,1H3. The molecule has 2 aliphatic rings. The monoisotopic (exact) mass is 181 g/mol. The van der Waals surface area contributed by atoms with Gasteiger partial charge in [0.05, 0.1) is 0 Å². The molecule has 1 heteroatoms. The molecular weight excluding hydrogens is 158 g/mol. The molecule has 2 fully saturated rings. The molecule has 0 aromatic carbocycles. The fourth-order valence-corrected chi connectivity index (χ4v) is 3.35. The number of nitrogens with one attached hydrogen (secondary N) is 1. The molecule has 0 spiro atoms. The Morgan fingerprint density at radius 3 is 2.69 bits per heavy atom. The summed E-state index contributed by atoms with van der Waals surface area (Å²) in [7, 11) is 0. The Labute approximate surface area is 82.3 Å². The Morgan fingerprint density at radius 2 is 2.00 bits per heavy atom. The summed E-state index contributed by atoms with van der Waals surface area (Å²) in [6.45, 7) is 3.64. The molecule has 0 aromatic rings. The van der Waals surface area contributed by atoms with Crippen LogP contribution in [0.25, 0.3) is 0 Å². The SMILES string of the molecule is CCC1CCCC1C1CCCCN1. The highest BCUT2D eigenvalue weighted by Gasteiger charge is 2.32. The van der Waals surface area contributed by atoms with Crippen molar-refractivity contribution in [3.8, 4) is 0 Å². The lowest BCUT2D eigenvalue weighted by Gasteiger charge is -2.32. The van der Waals surface area contributed by atoms with Gasteiger partial charge >= 0.3 is 0 Å². The maximum atomic E-state index is 3.73. The van der Waals surface area contributed by atoms with E-state index in [0.29, 0.717) is 0 Å². The van der Waals surface area contributed by atoms with Gasteiger partial charge in [-0.2, -0.15) is 0 Å². The fourth-order valence-electron chi connectivity index (χ4n) is 3.35. The Hall–Kier alpha value is -0.0400. The van der Waals surface area contributed by atoms with E-state index in [-0.39, 0.29) is 0 Å². The van der Waals surface area contributed by atoms with E-state index in [9.17, 15) is 0 Å². The van der Waals surface area contributed by atoms with E-state index in [0.717, 1.165) is 17.9 Å². The molecule has 0 bridgehead atoms. The van der Waals surface area contributed by atoms with Crippen LogP contribution >= 0.6 is 0 Å². The summed E-state index contributed by atoms with van der Waals surface area (Å²) in [5.74, 6) is 2.06. The van der Waals surface area contributed by atoms with Crippen LogP contribution in [-0.2, 0) is 0 Å². The zero-order valence-corrected chi connectivity index (χ0v) is 8.89. The molecular formula is C12H23N. The summed E-state index contributed by atoms with van der Waals surface area (Å²) >= 11 is 0. The maximum absolute atomic E-state index is 3.73. The van der Waals surface area contributed by atoms with E-state index in [2.05, 4.69) is 12.2 Å². The summed E-state index contributed by atoms with van der Waals surface area (Å²) in [4.78, 5) is 0. The minimum absolute atomic E-state index is 0.876. The third-order valence-corrected chi connectivity index (χ3v) is 4.11. The molecule has 1 saturated heterocycles. The maximum Gasteiger partial charge on any atom is 0.00979 e. The van der Waals surface area contributed by atoms with E-state index in [1.54, 1.807) is 0 Å². The van der Waals surface area contributed by atoms with Crippen molar-refractivity contribution in [2.24, 2.45) is 11.8 Å². The molecule has 2 rings (SSSR count). The minimum Gasteiger partial charge on any atom is -0.314 e. The summed E-state index contributed by atoms with van der Waals surface area (Å²) in [6, 6.07) is 0.876. The van der Waals surface area contributed by atoms with Crippen LogP contribution in [0.1, 0.15) is 51.9 Å². The summed E-state index contributed by atoms with van der Waals surface area (Å²) in [5.41, 5.74) is 0. The minimum atomic E-state index is 0.876. The zero-order valence-electron chi connectivity index (χ0n) is 8.89. The molecule has 1 N–H and O–H groups in total. The van der Waals surface area contributed by atoms with Crippen LogP contribution < -0.4 is 5.32 Å². The van der Waals surface area contributed by atoms with Gasteiger partial charge in [-0.15, -0.1) is 0 Å². The zero-order chi connectivity index (χ0) is 9.10. The van der Waals surface area contributed by atoms with Crippen LogP contribution in [0.5, 0.6) is 0 Å². The van der Waals surface area contributed by atoms with Gasteiger partial charge in [-0.05, 0) is 37.6 Å². The Bertz CT molecular complexity index is 149. The topological polar surface area (TPSA) is 12.0 Å². The Kier molecular flexibility index (Phi) is 3.26. The molecule has 1 nitrogen and oxygen atoms in total. The van der Waals surface area contributed by atoms with Crippen molar-refractivity contribution in [1.82, 2.24) is 5.32 Å². The van der Waals surface area contributed by atoms with Crippen molar-refractivity contribution in [3.05, 3.63) is 0 Å². The van der Waals surface area contributed by atoms with E-state index in [4.69, 9.17) is 0 Å². The molecule has 13 heavy (non-hydrogen) atoms. The third-order valence-electron chi connectivity index (χ3n) is 4.11. The van der Waals surface area contributed by atoms with Crippen LogP contribution in [0, 0.1) is 11.8 Å². The average molecular weight is 181 g/mol. The second kappa shape index (κ2) is 4.45. The van der Waals surface area contributed by atoms with Gasteiger partial charge in [-0.3, -0.25) is 0 Å². The predicted molar refractivity (Wildman–Crippen MR) is 56.8 cm³/mol. The molecule has 3 atom stereocenters. The highest BCUT2D eigenvalue weighted by atomic mass is 14.9. The highest BCUT2D eigenvalue weighted by Crippen LogP contribution is 2.38. The normalized spacial score (nSPS) is 40.8. The molecule has 1 saturated carbocycles. The first-order valence-corrected chi connectivity index (χ1v) is 6.15. The molecule has 0 amide bonds. The van der Waals surface area contributed by atoms with Crippen molar-refractivity contribution in [2.45, 2.75) is 57.9 Å². The second-order valence-electron chi connectivity index (χ2n) is 4.82. The summed E-state index contributed by atoms with van der Waals surface area (Å²) in [5, 5.41) is 3.73. The lowest BCUT2D eigenvalue weighted by molar-refractivity contribution is 0.239. The molecule has 0 aromatic heterocycles. The van der Waals surface area contributed by atoms with Crippen molar-refractivity contribution in [1.29, 1.82) is 0 Å². The van der Waals surface area contributed by atoms with Gasteiger partial charge in [0.25, 0.3) is 0 Å². The molecule has 1 heterocycles. The van der Waals surface area contributed by atoms with Crippen LogP contribution in [0.3, 0.4) is 0 Å². The largest absolute Gasteiger partial charge is 0.314 e. The quantitative estimate of drug-likeness (QED) is 0.690. The van der Waals surface area contributed by atoms with Gasteiger partial charge in [-0.1, -0.05) is 32.6 Å². The Balaban J connectivity index is 1.90. The number of piperidine rings is 1. The van der Waals surface area contributed by atoms with Crippen LogP contribution in [0.2, 0.25) is 0 Å². The van der Waals surface area contributed by atoms with Crippen LogP contribution in [0.4, 0.5) is 0 Å². The van der Waals surface area contributed by atoms with Crippen molar-refractivity contribution in [3.63, 3.8) is 0 Å². The van der Waals surface area contributed by atoms with Crippen molar-refractivity contribution >= 4 is 0 Å². The smallest absolute Gasteiger partial charge is 0.00979 e. The first-order valence-electron chi connectivity index (χ1n) is 6.15. The average Bonchev–Trinajstić information content (AvgIpc) is 2.67. The lowest BCUT2D eigenvalue weighted by atomic mass is 9.83. The van der Waals surface area contributed by atoms with E-state index in [1.807, 2.05) is 0 Å². The van der Waals surface area contributed by atoms with E-state index >= 15 is 0 Å². The number of hydrogen-bond acceptors (Lipinski definition) is 1. The number of rotatable bonds is 2. The first kappa shape index (κ1) is 9.51. The first-order chi connectivity index (χ1) is 6.42. The van der Waals surface area contributed by atoms with E-state index in [1.165, 1.54) is 51.5 Å². The van der Waals surface area contributed by atoms with Gasteiger partial charge < -0.3 is 5.32 Å². The predicted octanol–water partition coefficient (Wildman–Crippen LogP) is 2.95. The lowest BCUT2D eigenvalue weighted by Crippen LogP contribution is -2.41. The summed E-state index contributed by atoms with van der Waals surface area (Å²) in [6.07, 6.45) is 10.2. The highest BCUT2D eigenvalue weighted by molar-refractivity contribution is 4.87. The van der Waals surface area contributed by atoms with Crippen molar-refractivity contribution < 1.29 is 0 Å². The van der Waals surface area contributed by atoms with Crippen LogP contribution in [-0.4, -0.2) is 12.6 Å². The van der Waals surface area contributed by atoms with Gasteiger partial charge in [0, 0.05) is 6.04 Å². The molecule has 3 unspecified atom stereocenters. The molecule has 0 radical (unpaired) electrons. The fraction of sp³-hybridized carbons (Fsp3) is 1.00. The summed E-state index contributed by atoms with van der Waals surface area (Å²) < 4.78 is 0. The molecule has 1 aliphatic carbocycles. The van der Waals surface area contributed by atoms with Gasteiger partial charge in [0.1, 0.15) is 0 Å². The Morgan fingerprint density at radius 1 is 1.08 bits per heavy atom. The third kappa shape index (κ3) is 2.07. The molecule has 76 valence electrons. The second-order valence-corrected chi connectivity index (χ2v) is 4.82. The van der Waals surface area contributed by atoms with Gasteiger partial charge in [0.2, 0.25) is 0 Å². The van der Waals surface area contributed by atoms with Crippen molar-refractivity contribution in [2.75, 3.05) is 6.54 Å². The number of hydrogen-bond donors (Lipinski definition) is 1. The van der Waals surface area contributed by atoms with E-state index < -0.39 is 0 Å².